The molecule has 7 heteroatoms. The first-order valence-corrected chi connectivity index (χ1v) is 3.05. The summed E-state index contributed by atoms with van der Waals surface area (Å²) in [5.41, 5.74) is 4.62. The Labute approximate surface area is 58.9 Å². The van der Waals surface area contributed by atoms with Gasteiger partial charge in [0.1, 0.15) is 0 Å². The number of nitrogen functional groups attached to an aromatic ring is 1. The molecule has 0 aromatic carbocycles. The lowest BCUT2D eigenvalue weighted by Crippen LogP contribution is -2.29. The van der Waals surface area contributed by atoms with Gasteiger partial charge in [-0.1, -0.05) is 5.16 Å². The average molecular weight is 160 g/mol. The number of nitrogens with one attached hydrogen (secondary N) is 1. The van der Waals surface area contributed by atoms with E-state index in [0.717, 1.165) is 11.7 Å². The van der Waals surface area contributed by atoms with E-state index in [1.54, 1.807) is 0 Å². The molecule has 0 amide bonds. The predicted octanol–water partition coefficient (Wildman–Crippen LogP) is -1.30. The largest absolute Gasteiger partial charge is 0.410 e. The molecule has 0 unspecified atom stereocenters. The van der Waals surface area contributed by atoms with Crippen molar-refractivity contribution < 1.29 is 5.21 Å². The smallest absolute Gasteiger partial charge is 0.291 e. The summed E-state index contributed by atoms with van der Waals surface area (Å²) in [7, 11) is 0. The lowest BCUT2D eigenvalue weighted by molar-refractivity contribution is 0.301. The molecule has 0 fully saturated rings. The van der Waals surface area contributed by atoms with Gasteiger partial charge in [0.2, 0.25) is 5.36 Å². The lowest BCUT2D eigenvalue weighted by atomic mass is 10.6. The molecule has 0 radical (unpaired) electrons. The number of nitrogens with zero attached hydrogens (tertiary/aromatic N) is 2. The van der Waals surface area contributed by atoms with E-state index >= 15 is 0 Å². The number of hydrogen-bond donors (Lipinski definition) is 3. The quantitative estimate of drug-likeness (QED) is 0.324. The summed E-state index contributed by atoms with van der Waals surface area (Å²) < 4.78 is 5.75. The molecule has 0 atom stereocenters. The standard InChI is InChI=1S/C3H4N4O2S/c4-2-1(5-9)3(8)7-10-6-2/h9H,(H2,4,6)(H,7,8). The van der Waals surface area contributed by atoms with Crippen LogP contribution in [-0.4, -0.2) is 14.0 Å². The molecule has 0 aliphatic carbocycles. The fourth-order valence-corrected chi connectivity index (χ4v) is 0.828. The van der Waals surface area contributed by atoms with Crippen molar-refractivity contribution in [2.24, 2.45) is 5.16 Å². The van der Waals surface area contributed by atoms with E-state index in [1.807, 2.05) is 0 Å². The van der Waals surface area contributed by atoms with Gasteiger partial charge in [-0.25, -0.2) is 0 Å². The predicted molar refractivity (Wildman–Crippen MR) is 34.5 cm³/mol. The minimum Gasteiger partial charge on any atom is -0.410 e. The SMILES string of the molecule is Nc1ns[nH]c(=O)c1=NO. The second-order valence-corrected chi connectivity index (χ2v) is 2.02. The topological polar surface area (TPSA) is 104 Å². The van der Waals surface area contributed by atoms with Gasteiger partial charge in [-0.2, -0.15) is 4.37 Å². The molecule has 1 aromatic heterocycles. The fraction of sp³-hybridized carbons (Fsp3) is 0. The van der Waals surface area contributed by atoms with E-state index in [1.165, 1.54) is 0 Å². The molecule has 1 aromatic rings. The summed E-state index contributed by atoms with van der Waals surface area (Å²) >= 11 is 0.802. The number of aromatic amines is 1. The summed E-state index contributed by atoms with van der Waals surface area (Å²) in [5, 5.41) is 10.6. The van der Waals surface area contributed by atoms with Gasteiger partial charge in [0.25, 0.3) is 5.56 Å². The van der Waals surface area contributed by atoms with Crippen LogP contribution in [0.15, 0.2) is 9.95 Å². The summed E-state index contributed by atoms with van der Waals surface area (Å²) in [4.78, 5) is 10.7. The Morgan fingerprint density at radius 2 is 2.50 bits per heavy atom. The molecule has 10 heavy (non-hydrogen) atoms. The van der Waals surface area contributed by atoms with Gasteiger partial charge in [-0.05, 0) is 0 Å². The van der Waals surface area contributed by atoms with Crippen LogP contribution in [0.25, 0.3) is 0 Å². The van der Waals surface area contributed by atoms with Crippen molar-refractivity contribution in [3.05, 3.63) is 15.7 Å². The molecule has 0 aliphatic rings. The molecule has 1 heterocycles. The number of hydrogen-bond acceptors (Lipinski definition) is 6. The van der Waals surface area contributed by atoms with Crippen LogP contribution < -0.4 is 16.7 Å². The maximum absolute atomic E-state index is 10.7. The van der Waals surface area contributed by atoms with Crippen molar-refractivity contribution in [1.82, 2.24) is 8.75 Å². The van der Waals surface area contributed by atoms with E-state index < -0.39 is 5.56 Å². The first-order valence-electron chi connectivity index (χ1n) is 2.28. The third-order valence-corrected chi connectivity index (χ3v) is 1.40. The van der Waals surface area contributed by atoms with E-state index in [-0.39, 0.29) is 11.2 Å². The fourth-order valence-electron chi connectivity index (χ4n) is 0.418. The first kappa shape index (κ1) is 6.75. The molecule has 54 valence electrons. The Hall–Kier alpha value is -1.37. The van der Waals surface area contributed by atoms with Crippen LogP contribution in [0.3, 0.4) is 0 Å². The zero-order valence-electron chi connectivity index (χ0n) is 4.74. The van der Waals surface area contributed by atoms with Crippen LogP contribution >= 0.6 is 11.7 Å². The Morgan fingerprint density at radius 3 is 2.90 bits per heavy atom. The zero-order valence-corrected chi connectivity index (χ0v) is 5.55. The molecule has 6 nitrogen and oxygen atoms in total. The van der Waals surface area contributed by atoms with Crippen molar-refractivity contribution in [2.45, 2.75) is 0 Å². The summed E-state index contributed by atoms with van der Waals surface area (Å²) in [6.45, 7) is 0. The Balaban J connectivity index is 3.63. The molecular formula is C3H4N4O2S. The van der Waals surface area contributed by atoms with Crippen molar-refractivity contribution in [2.75, 3.05) is 5.73 Å². The van der Waals surface area contributed by atoms with Crippen molar-refractivity contribution >= 4 is 17.5 Å². The summed E-state index contributed by atoms with van der Waals surface area (Å²) in [6.07, 6.45) is 0. The number of rotatable bonds is 0. The number of anilines is 1. The van der Waals surface area contributed by atoms with E-state index in [2.05, 4.69) is 13.9 Å². The molecule has 0 saturated heterocycles. The normalized spacial score (nSPS) is 11.8. The third kappa shape index (κ3) is 0.982. The van der Waals surface area contributed by atoms with Gasteiger partial charge in [-0.3, -0.25) is 9.17 Å². The van der Waals surface area contributed by atoms with Gasteiger partial charge in [0.15, 0.2) is 5.82 Å². The Kier molecular flexibility index (Phi) is 1.67. The van der Waals surface area contributed by atoms with Crippen molar-refractivity contribution in [3.8, 4) is 0 Å². The van der Waals surface area contributed by atoms with Crippen LogP contribution in [0.4, 0.5) is 5.82 Å². The lowest BCUT2D eigenvalue weighted by Gasteiger charge is -1.85. The van der Waals surface area contributed by atoms with Crippen LogP contribution in [0.1, 0.15) is 0 Å². The number of aromatic nitrogens is 2. The van der Waals surface area contributed by atoms with Crippen LogP contribution in [0.5, 0.6) is 0 Å². The number of H-pyrrole nitrogens is 1. The molecule has 4 N–H and O–H groups in total. The minimum absolute atomic E-state index is 0.0729. The monoisotopic (exact) mass is 160 g/mol. The summed E-state index contributed by atoms with van der Waals surface area (Å²) in [6, 6.07) is 0. The highest BCUT2D eigenvalue weighted by atomic mass is 32.1. The second-order valence-electron chi connectivity index (χ2n) is 1.45. The van der Waals surface area contributed by atoms with Crippen LogP contribution in [0, 0.1) is 0 Å². The molecule has 0 spiro atoms. The Morgan fingerprint density at radius 1 is 1.80 bits per heavy atom. The Bertz CT molecular complexity index is 339. The maximum Gasteiger partial charge on any atom is 0.291 e. The first-order chi connectivity index (χ1) is 4.75. The van der Waals surface area contributed by atoms with Gasteiger partial charge in [0, 0.05) is 11.7 Å². The van der Waals surface area contributed by atoms with E-state index in [0.29, 0.717) is 0 Å². The molecule has 1 rings (SSSR count). The van der Waals surface area contributed by atoms with Crippen molar-refractivity contribution in [3.63, 3.8) is 0 Å². The minimum atomic E-state index is -0.542. The van der Waals surface area contributed by atoms with Crippen LogP contribution in [0.2, 0.25) is 0 Å². The number of nitrogens with two attached hydrogens (primary N) is 1. The zero-order chi connectivity index (χ0) is 7.56. The highest BCUT2D eigenvalue weighted by Gasteiger charge is 1.96. The molecular weight excluding hydrogens is 156 g/mol. The van der Waals surface area contributed by atoms with Gasteiger partial charge >= 0.3 is 0 Å². The van der Waals surface area contributed by atoms with Gasteiger partial charge < -0.3 is 10.9 Å². The van der Waals surface area contributed by atoms with E-state index in [9.17, 15) is 4.79 Å². The summed E-state index contributed by atoms with van der Waals surface area (Å²) in [5.74, 6) is -0.0729. The highest BCUT2D eigenvalue weighted by Crippen LogP contribution is 1.79. The third-order valence-electron chi connectivity index (χ3n) is 0.840. The van der Waals surface area contributed by atoms with Gasteiger partial charge in [0.05, 0.1) is 0 Å². The molecule has 0 aliphatic heterocycles. The van der Waals surface area contributed by atoms with Crippen molar-refractivity contribution in [1.29, 1.82) is 0 Å². The average Bonchev–Trinajstić information content (AvgIpc) is 1.88. The highest BCUT2D eigenvalue weighted by molar-refractivity contribution is 6.99. The second kappa shape index (κ2) is 2.48. The molecule has 0 saturated carbocycles. The van der Waals surface area contributed by atoms with E-state index in [4.69, 9.17) is 10.9 Å². The maximum atomic E-state index is 10.7. The molecule has 0 bridgehead atoms. The van der Waals surface area contributed by atoms with Gasteiger partial charge in [-0.15, -0.1) is 0 Å². The van der Waals surface area contributed by atoms with Crippen LogP contribution in [-0.2, 0) is 0 Å².